The zero-order valence-electron chi connectivity index (χ0n) is 14.7. The highest BCUT2D eigenvalue weighted by Crippen LogP contribution is 2.34. The number of aromatic amines is 1. The maximum atomic E-state index is 11.4. The number of carbonyl (C=O) groups excluding carboxylic acids is 1. The van der Waals surface area contributed by atoms with Crippen LogP contribution >= 0.6 is 0 Å². The van der Waals surface area contributed by atoms with Gasteiger partial charge in [-0.15, -0.1) is 0 Å². The number of rotatable bonds is 2. The van der Waals surface area contributed by atoms with Crippen molar-refractivity contribution in [3.63, 3.8) is 0 Å². The Labute approximate surface area is 149 Å². The number of nitrogens with one attached hydrogen (secondary N) is 1. The van der Waals surface area contributed by atoms with Gasteiger partial charge in [-0.3, -0.25) is 4.79 Å². The van der Waals surface area contributed by atoms with Crippen molar-refractivity contribution in [1.82, 2.24) is 24.7 Å². The van der Waals surface area contributed by atoms with Crippen molar-refractivity contribution >= 4 is 33.7 Å². The molecule has 3 aromatic heterocycles. The molecule has 3 heterocycles. The molecule has 132 valence electrons. The highest BCUT2D eigenvalue weighted by Gasteiger charge is 2.24. The number of primary amides is 1. The van der Waals surface area contributed by atoms with Gasteiger partial charge in [0, 0.05) is 16.5 Å². The number of benzene rings is 1. The van der Waals surface area contributed by atoms with Gasteiger partial charge in [0.05, 0.1) is 16.6 Å². The molecule has 0 aliphatic rings. The standard InChI is InChI=1S/C18H19N7O/c1-18(2,3)25-17-13(15(19)21-8-22-17)14(24-25)12-6-9-4-5-10(16(20)26)7-11(9)23-12/h4-8,23H,1-3H3,(H2,20,26)(H2,19,21,22). The third kappa shape index (κ3) is 2.38. The number of carbonyl (C=O) groups is 1. The Bertz CT molecular complexity index is 1160. The average Bonchev–Trinajstić information content (AvgIpc) is 3.15. The lowest BCUT2D eigenvalue weighted by Crippen LogP contribution is -2.23. The first-order valence-corrected chi connectivity index (χ1v) is 8.18. The number of nitrogens with zero attached hydrogens (tertiary/aromatic N) is 4. The maximum absolute atomic E-state index is 11.4. The van der Waals surface area contributed by atoms with E-state index in [1.807, 2.05) is 37.6 Å². The monoisotopic (exact) mass is 349 g/mol. The van der Waals surface area contributed by atoms with E-state index in [1.54, 1.807) is 12.1 Å². The normalized spacial score (nSPS) is 12.1. The molecule has 0 radical (unpaired) electrons. The summed E-state index contributed by atoms with van der Waals surface area (Å²) in [5.41, 5.74) is 14.6. The molecular formula is C18H19N7O. The van der Waals surface area contributed by atoms with Gasteiger partial charge >= 0.3 is 0 Å². The minimum absolute atomic E-state index is 0.275. The van der Waals surface area contributed by atoms with Crippen LogP contribution in [0.5, 0.6) is 0 Å². The van der Waals surface area contributed by atoms with Crippen LogP contribution in [0.2, 0.25) is 0 Å². The number of nitrogens with two attached hydrogens (primary N) is 2. The van der Waals surface area contributed by atoms with E-state index in [9.17, 15) is 4.79 Å². The van der Waals surface area contributed by atoms with Gasteiger partial charge in [-0.2, -0.15) is 5.10 Å². The Morgan fingerprint density at radius 1 is 1.19 bits per heavy atom. The molecule has 8 heteroatoms. The highest BCUT2D eigenvalue weighted by molar-refractivity contribution is 6.01. The molecule has 0 unspecified atom stereocenters. The fourth-order valence-electron chi connectivity index (χ4n) is 3.04. The topological polar surface area (TPSA) is 128 Å². The predicted octanol–water partition coefficient (Wildman–Crippen LogP) is 2.41. The van der Waals surface area contributed by atoms with Crippen LogP contribution in [-0.4, -0.2) is 30.6 Å². The molecule has 5 N–H and O–H groups in total. The van der Waals surface area contributed by atoms with E-state index >= 15 is 0 Å². The number of hydrogen-bond acceptors (Lipinski definition) is 5. The van der Waals surface area contributed by atoms with Crippen LogP contribution in [0, 0.1) is 0 Å². The lowest BCUT2D eigenvalue weighted by atomic mass is 10.1. The minimum atomic E-state index is -0.469. The average molecular weight is 349 g/mol. The Balaban J connectivity index is 2.00. The van der Waals surface area contributed by atoms with Crippen LogP contribution in [0.1, 0.15) is 31.1 Å². The highest BCUT2D eigenvalue weighted by atomic mass is 16.1. The smallest absolute Gasteiger partial charge is 0.248 e. The molecule has 0 atom stereocenters. The first kappa shape index (κ1) is 16.1. The van der Waals surface area contributed by atoms with Gasteiger partial charge in [0.2, 0.25) is 5.91 Å². The lowest BCUT2D eigenvalue weighted by molar-refractivity contribution is 0.100. The summed E-state index contributed by atoms with van der Waals surface area (Å²) in [4.78, 5) is 23.2. The van der Waals surface area contributed by atoms with Gasteiger partial charge < -0.3 is 16.5 Å². The zero-order chi connectivity index (χ0) is 18.6. The number of amides is 1. The molecular weight excluding hydrogens is 330 g/mol. The predicted molar refractivity (Wildman–Crippen MR) is 101 cm³/mol. The molecule has 0 spiro atoms. The molecule has 26 heavy (non-hydrogen) atoms. The van der Waals surface area contributed by atoms with E-state index in [4.69, 9.17) is 16.6 Å². The van der Waals surface area contributed by atoms with Gasteiger partial charge in [-0.25, -0.2) is 14.6 Å². The third-order valence-electron chi connectivity index (χ3n) is 4.29. The van der Waals surface area contributed by atoms with E-state index in [0.29, 0.717) is 28.1 Å². The summed E-state index contributed by atoms with van der Waals surface area (Å²) >= 11 is 0. The Hall–Kier alpha value is -3.42. The van der Waals surface area contributed by atoms with Gasteiger partial charge in [-0.1, -0.05) is 6.07 Å². The van der Waals surface area contributed by atoms with Crippen LogP contribution in [0.4, 0.5) is 5.82 Å². The first-order chi connectivity index (χ1) is 12.3. The number of H-pyrrole nitrogens is 1. The van der Waals surface area contributed by atoms with Crippen LogP contribution in [0.15, 0.2) is 30.6 Å². The summed E-state index contributed by atoms with van der Waals surface area (Å²) in [5, 5.41) is 6.40. The Morgan fingerprint density at radius 2 is 1.96 bits per heavy atom. The number of anilines is 1. The fraction of sp³-hybridized carbons (Fsp3) is 0.222. The van der Waals surface area contributed by atoms with E-state index in [2.05, 4.69) is 15.0 Å². The van der Waals surface area contributed by atoms with E-state index < -0.39 is 5.91 Å². The van der Waals surface area contributed by atoms with Crippen LogP contribution in [0.3, 0.4) is 0 Å². The number of nitrogen functional groups attached to an aromatic ring is 1. The zero-order valence-corrected chi connectivity index (χ0v) is 14.7. The minimum Gasteiger partial charge on any atom is -0.383 e. The van der Waals surface area contributed by atoms with E-state index in [-0.39, 0.29) is 5.54 Å². The number of hydrogen-bond donors (Lipinski definition) is 3. The SMILES string of the molecule is CC(C)(C)n1nc(-c2cc3ccc(C(N)=O)cc3[nH]2)c2c(N)ncnc21. The summed E-state index contributed by atoms with van der Waals surface area (Å²) in [6.07, 6.45) is 1.44. The van der Waals surface area contributed by atoms with Gasteiger partial charge in [0.1, 0.15) is 17.8 Å². The van der Waals surface area contributed by atoms with E-state index in [1.165, 1.54) is 6.33 Å². The van der Waals surface area contributed by atoms with Crippen LogP contribution in [-0.2, 0) is 5.54 Å². The number of fused-ring (bicyclic) bond motifs is 2. The van der Waals surface area contributed by atoms with Crippen molar-refractivity contribution < 1.29 is 4.79 Å². The molecule has 1 amide bonds. The molecule has 0 bridgehead atoms. The second-order valence-corrected chi connectivity index (χ2v) is 7.24. The summed E-state index contributed by atoms with van der Waals surface area (Å²) in [5.74, 6) is -0.0971. The molecule has 8 nitrogen and oxygen atoms in total. The molecule has 4 aromatic rings. The summed E-state index contributed by atoms with van der Waals surface area (Å²) in [6.45, 7) is 6.14. The maximum Gasteiger partial charge on any atom is 0.248 e. The van der Waals surface area contributed by atoms with Gasteiger partial charge in [0.15, 0.2) is 5.65 Å². The molecule has 0 aliphatic heterocycles. The molecule has 0 aliphatic carbocycles. The number of aromatic nitrogens is 5. The molecule has 0 saturated carbocycles. The quantitative estimate of drug-likeness (QED) is 0.512. The molecule has 4 rings (SSSR count). The Kier molecular flexibility index (Phi) is 3.27. The second kappa shape index (κ2) is 5.29. The summed E-state index contributed by atoms with van der Waals surface area (Å²) in [7, 11) is 0. The van der Waals surface area contributed by atoms with Gasteiger partial charge in [-0.05, 0) is 39.0 Å². The van der Waals surface area contributed by atoms with Gasteiger partial charge in [0.25, 0.3) is 0 Å². The molecule has 0 saturated heterocycles. The van der Waals surface area contributed by atoms with Crippen molar-refractivity contribution in [2.75, 3.05) is 5.73 Å². The molecule has 1 aromatic carbocycles. The molecule has 0 fully saturated rings. The van der Waals surface area contributed by atoms with Crippen molar-refractivity contribution in [3.8, 4) is 11.4 Å². The lowest BCUT2D eigenvalue weighted by Gasteiger charge is -2.19. The van der Waals surface area contributed by atoms with Crippen molar-refractivity contribution in [1.29, 1.82) is 0 Å². The third-order valence-corrected chi connectivity index (χ3v) is 4.29. The van der Waals surface area contributed by atoms with E-state index in [0.717, 1.165) is 16.6 Å². The van der Waals surface area contributed by atoms with Crippen molar-refractivity contribution in [3.05, 3.63) is 36.2 Å². The summed E-state index contributed by atoms with van der Waals surface area (Å²) in [6, 6.07) is 7.23. The van der Waals surface area contributed by atoms with Crippen molar-refractivity contribution in [2.45, 2.75) is 26.3 Å². The van der Waals surface area contributed by atoms with Crippen LogP contribution < -0.4 is 11.5 Å². The van der Waals surface area contributed by atoms with Crippen molar-refractivity contribution in [2.24, 2.45) is 5.73 Å². The first-order valence-electron chi connectivity index (χ1n) is 8.18. The Morgan fingerprint density at radius 3 is 2.65 bits per heavy atom. The van der Waals surface area contributed by atoms with Crippen LogP contribution in [0.25, 0.3) is 33.3 Å². The second-order valence-electron chi connectivity index (χ2n) is 7.24. The largest absolute Gasteiger partial charge is 0.383 e. The summed E-state index contributed by atoms with van der Waals surface area (Å²) < 4.78 is 1.84. The fourth-order valence-corrected chi connectivity index (χ4v) is 3.04.